The number of allylic oxidation sites excluding steroid dienone is 1. The minimum atomic E-state index is -0.305. The second-order valence-corrected chi connectivity index (χ2v) is 5.00. The summed E-state index contributed by atoms with van der Waals surface area (Å²) >= 11 is 0. The molecular formula is C16H16O3. The minimum Gasteiger partial charge on any atom is -0.485 e. The van der Waals surface area contributed by atoms with Crippen molar-refractivity contribution in [3.63, 3.8) is 0 Å². The molecule has 98 valence electrons. The summed E-state index contributed by atoms with van der Waals surface area (Å²) in [7, 11) is 0. The van der Waals surface area contributed by atoms with Gasteiger partial charge < -0.3 is 9.15 Å². The molecule has 0 amide bonds. The lowest BCUT2D eigenvalue weighted by Gasteiger charge is -2.10. The van der Waals surface area contributed by atoms with Crippen LogP contribution in [0.5, 0.6) is 5.75 Å². The van der Waals surface area contributed by atoms with Gasteiger partial charge in [0.25, 0.3) is 0 Å². The highest BCUT2D eigenvalue weighted by Crippen LogP contribution is 2.43. The Morgan fingerprint density at radius 1 is 1.32 bits per heavy atom. The number of aryl methyl sites for hydroxylation is 1. The van der Waals surface area contributed by atoms with Crippen LogP contribution in [0.2, 0.25) is 0 Å². The molecule has 3 heteroatoms. The molecule has 19 heavy (non-hydrogen) atoms. The van der Waals surface area contributed by atoms with E-state index in [1.165, 1.54) is 6.07 Å². The van der Waals surface area contributed by atoms with Gasteiger partial charge in [-0.2, -0.15) is 0 Å². The van der Waals surface area contributed by atoms with Gasteiger partial charge in [0.15, 0.2) is 0 Å². The highest BCUT2D eigenvalue weighted by Gasteiger charge is 2.32. The zero-order valence-electron chi connectivity index (χ0n) is 11.3. The van der Waals surface area contributed by atoms with Crippen LogP contribution in [0.1, 0.15) is 30.9 Å². The van der Waals surface area contributed by atoms with Crippen molar-refractivity contribution >= 4 is 11.0 Å². The summed E-state index contributed by atoms with van der Waals surface area (Å²) in [6.07, 6.45) is 4.03. The second kappa shape index (κ2) is 4.26. The molecule has 1 aromatic carbocycles. The normalized spacial score (nSPS) is 21.8. The Hall–Kier alpha value is -2.03. The molecule has 0 aliphatic carbocycles. The molecule has 0 saturated carbocycles. The third-order valence-corrected chi connectivity index (χ3v) is 3.71. The molecule has 0 N–H and O–H groups in total. The third-order valence-electron chi connectivity index (χ3n) is 3.71. The Morgan fingerprint density at radius 3 is 2.84 bits per heavy atom. The molecular weight excluding hydrogens is 240 g/mol. The molecule has 0 fully saturated rings. The summed E-state index contributed by atoms with van der Waals surface area (Å²) in [6.45, 7) is 6.00. The molecule has 0 spiro atoms. The Labute approximate surface area is 111 Å². The van der Waals surface area contributed by atoms with Crippen molar-refractivity contribution in [3.05, 3.63) is 51.9 Å². The van der Waals surface area contributed by atoms with E-state index in [4.69, 9.17) is 9.15 Å². The first-order valence-electron chi connectivity index (χ1n) is 6.48. The third kappa shape index (κ3) is 1.77. The smallest absolute Gasteiger partial charge is 0.336 e. The van der Waals surface area contributed by atoms with E-state index in [0.29, 0.717) is 5.58 Å². The van der Waals surface area contributed by atoms with Gasteiger partial charge in [-0.15, -0.1) is 0 Å². The summed E-state index contributed by atoms with van der Waals surface area (Å²) in [5.41, 5.74) is 2.30. The summed E-state index contributed by atoms with van der Waals surface area (Å²) in [5, 5.41) is 0.981. The van der Waals surface area contributed by atoms with Crippen LogP contribution in [-0.4, -0.2) is 6.10 Å². The summed E-state index contributed by atoms with van der Waals surface area (Å²) in [6, 6.07) is 5.44. The molecule has 2 heterocycles. The first-order chi connectivity index (χ1) is 9.11. The topological polar surface area (TPSA) is 39.4 Å². The van der Waals surface area contributed by atoms with Crippen LogP contribution in [-0.2, 0) is 0 Å². The fourth-order valence-corrected chi connectivity index (χ4v) is 2.73. The molecule has 1 aliphatic rings. The van der Waals surface area contributed by atoms with E-state index in [-0.39, 0.29) is 17.6 Å². The molecule has 0 radical (unpaired) electrons. The lowest BCUT2D eigenvalue weighted by molar-refractivity contribution is 0.261. The summed E-state index contributed by atoms with van der Waals surface area (Å²) in [5.74, 6) is 0.997. The zero-order valence-corrected chi connectivity index (χ0v) is 11.3. The average Bonchev–Trinajstić information content (AvgIpc) is 2.67. The standard InChI is InChI=1S/C16H16O3/c1-4-5-12-10(3)15-13(18-12)7-6-11-9(2)8-14(17)19-16(11)15/h4-8,10,12H,1-3H3/b5-4+/t10-,12-/m1/s1. The maximum Gasteiger partial charge on any atom is 0.336 e. The van der Waals surface area contributed by atoms with Crippen LogP contribution >= 0.6 is 0 Å². The van der Waals surface area contributed by atoms with Gasteiger partial charge in [-0.3, -0.25) is 0 Å². The van der Waals surface area contributed by atoms with Gasteiger partial charge in [-0.25, -0.2) is 4.79 Å². The van der Waals surface area contributed by atoms with E-state index in [1.807, 2.05) is 38.1 Å². The van der Waals surface area contributed by atoms with Gasteiger partial charge in [-0.05, 0) is 37.6 Å². The number of hydrogen-bond acceptors (Lipinski definition) is 3. The molecule has 0 saturated heterocycles. The van der Waals surface area contributed by atoms with Crippen LogP contribution in [0.15, 0.2) is 39.6 Å². The van der Waals surface area contributed by atoms with Crippen LogP contribution in [0, 0.1) is 6.92 Å². The van der Waals surface area contributed by atoms with Gasteiger partial charge in [-0.1, -0.05) is 13.0 Å². The van der Waals surface area contributed by atoms with Crippen molar-refractivity contribution in [2.45, 2.75) is 32.8 Å². The van der Waals surface area contributed by atoms with Crippen LogP contribution < -0.4 is 10.4 Å². The van der Waals surface area contributed by atoms with Crippen LogP contribution in [0.3, 0.4) is 0 Å². The van der Waals surface area contributed by atoms with Crippen molar-refractivity contribution in [2.24, 2.45) is 0 Å². The van der Waals surface area contributed by atoms with Gasteiger partial charge in [0, 0.05) is 22.9 Å². The van der Waals surface area contributed by atoms with Crippen molar-refractivity contribution in [3.8, 4) is 5.75 Å². The van der Waals surface area contributed by atoms with E-state index in [0.717, 1.165) is 22.3 Å². The van der Waals surface area contributed by atoms with Crippen LogP contribution in [0.25, 0.3) is 11.0 Å². The predicted molar refractivity (Wildman–Crippen MR) is 74.9 cm³/mol. The highest BCUT2D eigenvalue weighted by molar-refractivity contribution is 5.86. The van der Waals surface area contributed by atoms with E-state index >= 15 is 0 Å². The predicted octanol–water partition coefficient (Wildman–Crippen LogP) is 3.54. The van der Waals surface area contributed by atoms with Crippen molar-refractivity contribution in [1.29, 1.82) is 0 Å². The monoisotopic (exact) mass is 256 g/mol. The maximum absolute atomic E-state index is 11.6. The SMILES string of the molecule is C/C=C/[C@H]1Oc2ccc3c(C)cc(=O)oc3c2[C@@H]1C. The Bertz CT molecular complexity index is 725. The average molecular weight is 256 g/mol. The summed E-state index contributed by atoms with van der Waals surface area (Å²) < 4.78 is 11.3. The largest absolute Gasteiger partial charge is 0.485 e. The Balaban J connectivity index is 2.29. The minimum absolute atomic E-state index is 0.0106. The number of fused-ring (bicyclic) bond motifs is 3. The van der Waals surface area contributed by atoms with E-state index < -0.39 is 0 Å². The molecule has 3 rings (SSSR count). The first-order valence-corrected chi connectivity index (χ1v) is 6.48. The number of ether oxygens (including phenoxy) is 1. The van der Waals surface area contributed by atoms with Crippen molar-refractivity contribution in [2.75, 3.05) is 0 Å². The van der Waals surface area contributed by atoms with Gasteiger partial charge in [0.05, 0.1) is 0 Å². The van der Waals surface area contributed by atoms with Gasteiger partial charge in [0.1, 0.15) is 17.4 Å². The molecule has 2 atom stereocenters. The molecule has 1 aliphatic heterocycles. The van der Waals surface area contributed by atoms with Crippen molar-refractivity contribution < 1.29 is 9.15 Å². The number of hydrogen-bond donors (Lipinski definition) is 0. The fourth-order valence-electron chi connectivity index (χ4n) is 2.73. The van der Waals surface area contributed by atoms with Crippen LogP contribution in [0.4, 0.5) is 0 Å². The van der Waals surface area contributed by atoms with E-state index in [1.54, 1.807) is 0 Å². The maximum atomic E-state index is 11.6. The summed E-state index contributed by atoms with van der Waals surface area (Å²) in [4.78, 5) is 11.6. The quantitative estimate of drug-likeness (QED) is 0.578. The molecule has 0 unspecified atom stereocenters. The zero-order chi connectivity index (χ0) is 13.6. The fraction of sp³-hybridized carbons (Fsp3) is 0.312. The van der Waals surface area contributed by atoms with Gasteiger partial charge in [0.2, 0.25) is 0 Å². The highest BCUT2D eigenvalue weighted by atomic mass is 16.5. The molecule has 1 aromatic heterocycles. The molecule has 2 aromatic rings. The number of benzene rings is 1. The molecule has 0 bridgehead atoms. The number of rotatable bonds is 1. The van der Waals surface area contributed by atoms with E-state index in [2.05, 4.69) is 6.92 Å². The van der Waals surface area contributed by atoms with Gasteiger partial charge >= 0.3 is 5.63 Å². The Morgan fingerprint density at radius 2 is 2.11 bits per heavy atom. The lowest BCUT2D eigenvalue weighted by Crippen LogP contribution is -2.13. The Kier molecular flexibility index (Phi) is 2.70. The van der Waals surface area contributed by atoms with E-state index in [9.17, 15) is 4.79 Å². The lowest BCUT2D eigenvalue weighted by atomic mass is 9.94. The first kappa shape index (κ1) is 12.0. The molecule has 3 nitrogen and oxygen atoms in total. The second-order valence-electron chi connectivity index (χ2n) is 5.00. The van der Waals surface area contributed by atoms with Crippen molar-refractivity contribution in [1.82, 2.24) is 0 Å².